The van der Waals surface area contributed by atoms with E-state index in [4.69, 9.17) is 9.53 Å². The van der Waals surface area contributed by atoms with Gasteiger partial charge in [0.2, 0.25) is 0 Å². The minimum atomic E-state index is 0.943. The molecule has 0 bridgehead atoms. The molecule has 2 heteroatoms. The first-order valence-corrected chi connectivity index (χ1v) is 6.18. The van der Waals surface area contributed by atoms with E-state index in [0.29, 0.717) is 0 Å². The Morgan fingerprint density at radius 2 is 1.11 bits per heavy atom. The van der Waals surface area contributed by atoms with Gasteiger partial charge in [0.25, 0.3) is 0 Å². The normalized spacial score (nSPS) is 9.47. The molecule has 2 aromatic rings. The van der Waals surface area contributed by atoms with Crippen molar-refractivity contribution in [3.8, 4) is 11.5 Å². The molecule has 0 aliphatic rings. The molecule has 2 rings (SSSR count). The molecule has 0 spiro atoms. The fourth-order valence-electron chi connectivity index (χ4n) is 1.79. The van der Waals surface area contributed by atoms with E-state index in [1.807, 2.05) is 31.1 Å². The van der Waals surface area contributed by atoms with Gasteiger partial charge in [0.05, 0.1) is 0 Å². The van der Waals surface area contributed by atoms with Gasteiger partial charge in [-0.1, -0.05) is 24.3 Å². The third-order valence-corrected chi connectivity index (χ3v) is 3.33. The molecular weight excluding hydrogens is 236 g/mol. The molecule has 0 aromatic heterocycles. The zero-order valence-corrected chi connectivity index (χ0v) is 12.0. The molecule has 0 N–H and O–H groups in total. The van der Waals surface area contributed by atoms with Gasteiger partial charge in [0, 0.05) is 0 Å². The Morgan fingerprint density at radius 3 is 1.47 bits per heavy atom. The maximum absolute atomic E-state index is 8.00. The van der Waals surface area contributed by atoms with Crippen LogP contribution in [-0.4, -0.2) is 6.79 Å². The van der Waals surface area contributed by atoms with Crippen LogP contribution in [0.25, 0.3) is 0 Å². The maximum Gasteiger partial charge on any atom is 0.130 e. The topological polar surface area (TPSA) is 26.3 Å². The fourth-order valence-corrected chi connectivity index (χ4v) is 1.79. The molecule has 2 nitrogen and oxygen atoms in total. The molecule has 0 saturated heterocycles. The molecule has 0 heterocycles. The van der Waals surface area contributed by atoms with Crippen LogP contribution in [0.3, 0.4) is 0 Å². The van der Waals surface area contributed by atoms with Crippen molar-refractivity contribution in [1.82, 2.24) is 0 Å². The largest absolute Gasteiger partial charge is 0.457 e. The van der Waals surface area contributed by atoms with Gasteiger partial charge in [0.1, 0.15) is 18.3 Å². The first kappa shape index (κ1) is 15.0. The Morgan fingerprint density at radius 1 is 0.737 bits per heavy atom. The van der Waals surface area contributed by atoms with Crippen molar-refractivity contribution >= 4 is 6.79 Å². The van der Waals surface area contributed by atoms with Crippen LogP contribution >= 0.6 is 0 Å². The molecule has 0 saturated carbocycles. The molecule has 0 radical (unpaired) electrons. The first-order valence-electron chi connectivity index (χ1n) is 6.18. The molecule has 0 atom stereocenters. The molecule has 0 amide bonds. The summed E-state index contributed by atoms with van der Waals surface area (Å²) < 4.78 is 6.00. The number of aryl methyl sites for hydroxylation is 2. The standard InChI is InChI=1S/C16H18O.CH2O/c1-11-7-5-9-15(13(11)3)17-16-10-6-8-12(2)14(16)4;1-2/h5-10H,1-4H3;1H2. The summed E-state index contributed by atoms with van der Waals surface area (Å²) in [5, 5.41) is 0. The molecule has 0 aliphatic carbocycles. The van der Waals surface area contributed by atoms with E-state index in [2.05, 4.69) is 39.8 Å². The molecule has 100 valence electrons. The summed E-state index contributed by atoms with van der Waals surface area (Å²) in [6.45, 7) is 10.4. The summed E-state index contributed by atoms with van der Waals surface area (Å²) in [6.07, 6.45) is 0. The van der Waals surface area contributed by atoms with Gasteiger partial charge in [0.15, 0.2) is 0 Å². The number of carbonyl (C=O) groups is 1. The van der Waals surface area contributed by atoms with Gasteiger partial charge in [-0.2, -0.15) is 0 Å². The Bertz CT molecular complexity index is 510. The smallest absolute Gasteiger partial charge is 0.130 e. The lowest BCUT2D eigenvalue weighted by Gasteiger charge is -2.13. The van der Waals surface area contributed by atoms with Crippen molar-refractivity contribution in [2.24, 2.45) is 0 Å². The fraction of sp³-hybridized carbons (Fsp3) is 0.235. The van der Waals surface area contributed by atoms with E-state index >= 15 is 0 Å². The maximum atomic E-state index is 8.00. The highest BCUT2D eigenvalue weighted by Gasteiger charge is 2.06. The van der Waals surface area contributed by atoms with Crippen LogP contribution in [0.15, 0.2) is 36.4 Å². The zero-order valence-electron chi connectivity index (χ0n) is 12.0. The Hall–Kier alpha value is -2.09. The highest BCUT2D eigenvalue weighted by molar-refractivity contribution is 5.45. The summed E-state index contributed by atoms with van der Waals surface area (Å²) in [6, 6.07) is 12.3. The monoisotopic (exact) mass is 256 g/mol. The second-order valence-electron chi connectivity index (χ2n) is 4.50. The van der Waals surface area contributed by atoms with Crippen LogP contribution in [0.4, 0.5) is 0 Å². The van der Waals surface area contributed by atoms with Crippen LogP contribution in [0.2, 0.25) is 0 Å². The Kier molecular flexibility index (Phi) is 5.31. The number of hydrogen-bond acceptors (Lipinski definition) is 2. The summed E-state index contributed by atoms with van der Waals surface area (Å²) >= 11 is 0. The number of benzene rings is 2. The van der Waals surface area contributed by atoms with Crippen molar-refractivity contribution in [3.05, 3.63) is 58.7 Å². The summed E-state index contributed by atoms with van der Waals surface area (Å²) in [5.74, 6) is 1.89. The predicted octanol–water partition coefficient (Wildman–Crippen LogP) is 4.53. The van der Waals surface area contributed by atoms with Crippen LogP contribution in [-0.2, 0) is 4.79 Å². The van der Waals surface area contributed by atoms with Crippen molar-refractivity contribution in [1.29, 1.82) is 0 Å². The van der Waals surface area contributed by atoms with Gasteiger partial charge in [-0.3, -0.25) is 0 Å². The van der Waals surface area contributed by atoms with Crippen molar-refractivity contribution < 1.29 is 9.53 Å². The number of hydrogen-bond donors (Lipinski definition) is 0. The zero-order chi connectivity index (χ0) is 14.4. The number of ether oxygens (including phenoxy) is 1. The van der Waals surface area contributed by atoms with Crippen molar-refractivity contribution in [3.63, 3.8) is 0 Å². The minimum absolute atomic E-state index is 0.943. The second kappa shape index (κ2) is 6.74. The molecule has 0 aliphatic heterocycles. The Balaban J connectivity index is 0.000000861. The summed E-state index contributed by atoms with van der Waals surface area (Å²) in [5.41, 5.74) is 4.92. The highest BCUT2D eigenvalue weighted by atomic mass is 16.5. The van der Waals surface area contributed by atoms with Crippen molar-refractivity contribution in [2.75, 3.05) is 0 Å². The number of carbonyl (C=O) groups excluding carboxylic acids is 1. The van der Waals surface area contributed by atoms with E-state index in [9.17, 15) is 0 Å². The van der Waals surface area contributed by atoms with E-state index in [-0.39, 0.29) is 0 Å². The van der Waals surface area contributed by atoms with Crippen LogP contribution in [0.1, 0.15) is 22.3 Å². The van der Waals surface area contributed by atoms with Crippen LogP contribution in [0.5, 0.6) is 11.5 Å². The van der Waals surface area contributed by atoms with Gasteiger partial charge in [-0.25, -0.2) is 0 Å². The third kappa shape index (κ3) is 3.44. The second-order valence-corrected chi connectivity index (χ2v) is 4.50. The van der Waals surface area contributed by atoms with Crippen LogP contribution < -0.4 is 4.74 Å². The lowest BCUT2D eigenvalue weighted by molar-refractivity contribution is -0.0979. The van der Waals surface area contributed by atoms with E-state index in [0.717, 1.165) is 11.5 Å². The van der Waals surface area contributed by atoms with Gasteiger partial charge in [-0.05, 0) is 62.1 Å². The lowest BCUT2D eigenvalue weighted by Crippen LogP contribution is -1.93. The average Bonchev–Trinajstić information content (AvgIpc) is 2.42. The number of rotatable bonds is 2. The molecule has 0 fully saturated rings. The van der Waals surface area contributed by atoms with E-state index < -0.39 is 0 Å². The molecular formula is C17H20O2. The third-order valence-electron chi connectivity index (χ3n) is 3.33. The van der Waals surface area contributed by atoms with Crippen molar-refractivity contribution in [2.45, 2.75) is 27.7 Å². The lowest BCUT2D eigenvalue weighted by atomic mass is 10.1. The van der Waals surface area contributed by atoms with Crippen LogP contribution in [0, 0.1) is 27.7 Å². The average molecular weight is 256 g/mol. The van der Waals surface area contributed by atoms with Gasteiger partial charge >= 0.3 is 0 Å². The van der Waals surface area contributed by atoms with E-state index in [1.165, 1.54) is 22.3 Å². The summed E-state index contributed by atoms with van der Waals surface area (Å²) in [4.78, 5) is 8.00. The predicted molar refractivity (Wildman–Crippen MR) is 79.0 cm³/mol. The first-order chi connectivity index (χ1) is 9.09. The SMILES string of the molecule is C=O.Cc1cccc(Oc2cccc(C)c2C)c1C. The molecule has 19 heavy (non-hydrogen) atoms. The highest BCUT2D eigenvalue weighted by Crippen LogP contribution is 2.30. The quantitative estimate of drug-likeness (QED) is 0.789. The minimum Gasteiger partial charge on any atom is -0.457 e. The van der Waals surface area contributed by atoms with Gasteiger partial charge < -0.3 is 9.53 Å². The van der Waals surface area contributed by atoms with Gasteiger partial charge in [-0.15, -0.1) is 0 Å². The van der Waals surface area contributed by atoms with E-state index in [1.54, 1.807) is 0 Å². The molecule has 2 aromatic carbocycles. The Labute approximate surface area is 115 Å². The molecule has 0 unspecified atom stereocenters. The summed E-state index contributed by atoms with van der Waals surface area (Å²) in [7, 11) is 0.